The van der Waals surface area contributed by atoms with Crippen LogP contribution in [0.5, 0.6) is 0 Å². The molecule has 0 aromatic carbocycles. The molecule has 2 heterocycles. The van der Waals surface area contributed by atoms with Crippen molar-refractivity contribution in [3.63, 3.8) is 0 Å². The molecule has 0 aliphatic carbocycles. The van der Waals surface area contributed by atoms with Crippen LogP contribution in [0.4, 0.5) is 13.2 Å². The van der Waals surface area contributed by atoms with Crippen LogP contribution < -0.4 is 0 Å². The van der Waals surface area contributed by atoms with Crippen LogP contribution in [0, 0.1) is 0 Å². The number of nitrogens with zero attached hydrogens (tertiary/aromatic N) is 3. The molecule has 1 aromatic heterocycles. The molecule has 1 amide bonds. The molecule has 1 saturated heterocycles. The van der Waals surface area contributed by atoms with Gasteiger partial charge in [0.25, 0.3) is 0 Å². The number of piperidine rings is 1. The van der Waals surface area contributed by atoms with E-state index in [4.69, 9.17) is 5.11 Å². The van der Waals surface area contributed by atoms with Crippen molar-refractivity contribution < 1.29 is 27.9 Å². The molecule has 1 aromatic rings. The van der Waals surface area contributed by atoms with E-state index in [1.807, 2.05) is 0 Å². The summed E-state index contributed by atoms with van der Waals surface area (Å²) in [7, 11) is 0. The van der Waals surface area contributed by atoms with Crippen molar-refractivity contribution in [2.75, 3.05) is 24.6 Å². The summed E-state index contributed by atoms with van der Waals surface area (Å²) in [5, 5.41) is 12.1. The Morgan fingerprint density at radius 3 is 2.48 bits per heavy atom. The van der Waals surface area contributed by atoms with Gasteiger partial charge in [-0.1, -0.05) is 0 Å². The Morgan fingerprint density at radius 1 is 1.30 bits per heavy atom. The van der Waals surface area contributed by atoms with Crippen LogP contribution in [-0.2, 0) is 15.8 Å². The number of likely N-dealkylation sites (tertiary alicyclic amines) is 1. The van der Waals surface area contributed by atoms with Crippen LogP contribution in [0.25, 0.3) is 0 Å². The lowest BCUT2D eigenvalue weighted by molar-refractivity contribution is -0.141. The van der Waals surface area contributed by atoms with Gasteiger partial charge in [0.1, 0.15) is 0 Å². The van der Waals surface area contributed by atoms with Crippen molar-refractivity contribution >= 4 is 23.6 Å². The number of aromatic nitrogens is 2. The fourth-order valence-corrected chi connectivity index (χ4v) is 3.02. The van der Waals surface area contributed by atoms with Crippen molar-refractivity contribution in [1.82, 2.24) is 14.7 Å². The zero-order valence-electron chi connectivity index (χ0n) is 12.1. The molecule has 0 saturated carbocycles. The van der Waals surface area contributed by atoms with Gasteiger partial charge in [-0.05, 0) is 18.9 Å². The average Bonchev–Trinajstić information content (AvgIpc) is 2.97. The summed E-state index contributed by atoms with van der Waals surface area (Å²) in [6.45, 7) is 0.858. The SMILES string of the molecule is O=C(O)CSCC(=O)N1CCC(n2ccc(C(F)(F)F)n2)CC1. The Balaban J connectivity index is 1.83. The average molecular weight is 351 g/mol. The number of carbonyl (C=O) groups excluding carboxylic acids is 1. The predicted molar refractivity (Wildman–Crippen MR) is 77.0 cm³/mol. The molecular formula is C13H16F3N3O3S. The first kappa shape index (κ1) is 17.6. The van der Waals surface area contributed by atoms with E-state index in [-0.39, 0.29) is 23.5 Å². The van der Waals surface area contributed by atoms with Gasteiger partial charge in [-0.2, -0.15) is 18.3 Å². The molecule has 2 rings (SSSR count). The molecule has 0 radical (unpaired) electrons. The number of carbonyl (C=O) groups is 2. The minimum Gasteiger partial charge on any atom is -0.481 e. The predicted octanol–water partition coefficient (Wildman–Crippen LogP) is 1.88. The fourth-order valence-electron chi connectivity index (χ4n) is 2.39. The number of hydrogen-bond donors (Lipinski definition) is 1. The number of rotatable bonds is 5. The van der Waals surface area contributed by atoms with Gasteiger partial charge in [0.2, 0.25) is 5.91 Å². The number of alkyl halides is 3. The molecule has 0 bridgehead atoms. The third-order valence-electron chi connectivity index (χ3n) is 3.54. The highest BCUT2D eigenvalue weighted by molar-refractivity contribution is 8.00. The van der Waals surface area contributed by atoms with Gasteiger partial charge in [0.05, 0.1) is 17.5 Å². The molecule has 1 aliphatic rings. The molecule has 128 valence electrons. The van der Waals surface area contributed by atoms with Crippen molar-refractivity contribution in [2.24, 2.45) is 0 Å². The number of carboxylic acids is 1. The van der Waals surface area contributed by atoms with E-state index in [1.54, 1.807) is 4.90 Å². The van der Waals surface area contributed by atoms with Gasteiger partial charge in [-0.25, -0.2) is 0 Å². The lowest BCUT2D eigenvalue weighted by Gasteiger charge is -2.32. The van der Waals surface area contributed by atoms with E-state index in [9.17, 15) is 22.8 Å². The number of thioether (sulfide) groups is 1. The van der Waals surface area contributed by atoms with E-state index in [0.29, 0.717) is 25.9 Å². The maximum absolute atomic E-state index is 12.5. The zero-order valence-corrected chi connectivity index (χ0v) is 12.9. The summed E-state index contributed by atoms with van der Waals surface area (Å²) in [4.78, 5) is 23.9. The minimum atomic E-state index is -4.46. The first-order valence-electron chi connectivity index (χ1n) is 6.97. The normalized spacial score (nSPS) is 16.6. The van der Waals surface area contributed by atoms with Gasteiger partial charge >= 0.3 is 12.1 Å². The highest BCUT2D eigenvalue weighted by Crippen LogP contribution is 2.29. The van der Waals surface area contributed by atoms with Crippen LogP contribution >= 0.6 is 11.8 Å². The maximum Gasteiger partial charge on any atom is 0.435 e. The van der Waals surface area contributed by atoms with Crippen molar-refractivity contribution in [3.8, 4) is 0 Å². The highest BCUT2D eigenvalue weighted by Gasteiger charge is 2.34. The van der Waals surface area contributed by atoms with Gasteiger partial charge in [-0.15, -0.1) is 11.8 Å². The molecule has 6 nitrogen and oxygen atoms in total. The van der Waals surface area contributed by atoms with Crippen LogP contribution in [0.15, 0.2) is 12.3 Å². The van der Waals surface area contributed by atoms with Crippen molar-refractivity contribution in [2.45, 2.75) is 25.1 Å². The molecule has 0 unspecified atom stereocenters. The molecule has 0 atom stereocenters. The standard InChI is InChI=1S/C13H16F3N3O3S/c14-13(15,16)10-3-6-19(17-10)9-1-4-18(5-2-9)11(20)7-23-8-12(21)22/h3,6,9H,1-2,4-5,7-8H2,(H,21,22). The minimum absolute atomic E-state index is 0.0942. The number of amides is 1. The number of carboxylic acid groups (broad SMARTS) is 1. The second kappa shape index (κ2) is 7.24. The molecule has 1 fully saturated rings. The molecule has 23 heavy (non-hydrogen) atoms. The summed E-state index contributed by atoms with van der Waals surface area (Å²) >= 11 is 1.03. The van der Waals surface area contributed by atoms with Gasteiger partial charge in [-0.3, -0.25) is 14.3 Å². The number of halogens is 3. The Bertz CT molecular complexity index is 568. The van der Waals surface area contributed by atoms with Crippen LogP contribution in [0.1, 0.15) is 24.6 Å². The van der Waals surface area contributed by atoms with E-state index in [0.717, 1.165) is 17.8 Å². The molecule has 0 spiro atoms. The topological polar surface area (TPSA) is 75.4 Å². The van der Waals surface area contributed by atoms with E-state index >= 15 is 0 Å². The Hall–Kier alpha value is -1.71. The van der Waals surface area contributed by atoms with Gasteiger partial charge < -0.3 is 10.0 Å². The first-order chi connectivity index (χ1) is 10.8. The second-order valence-electron chi connectivity index (χ2n) is 5.18. The summed E-state index contributed by atoms with van der Waals surface area (Å²) in [5.74, 6) is -1.15. The smallest absolute Gasteiger partial charge is 0.435 e. The lowest BCUT2D eigenvalue weighted by atomic mass is 10.1. The monoisotopic (exact) mass is 351 g/mol. The zero-order chi connectivity index (χ0) is 17.0. The summed E-state index contributed by atoms with van der Waals surface area (Å²) in [6.07, 6.45) is -2.10. The van der Waals surface area contributed by atoms with Crippen molar-refractivity contribution in [3.05, 3.63) is 18.0 Å². The van der Waals surface area contributed by atoms with Crippen molar-refractivity contribution in [1.29, 1.82) is 0 Å². The Labute approximate surface area is 134 Å². The van der Waals surface area contributed by atoms with Crippen LogP contribution in [0.3, 0.4) is 0 Å². The summed E-state index contributed by atoms with van der Waals surface area (Å²) in [5.41, 5.74) is -0.916. The fraction of sp³-hybridized carbons (Fsp3) is 0.615. The van der Waals surface area contributed by atoms with Gasteiger partial charge in [0, 0.05) is 19.3 Å². The summed E-state index contributed by atoms with van der Waals surface area (Å²) in [6, 6.07) is 0.780. The number of hydrogen-bond acceptors (Lipinski definition) is 4. The number of aliphatic carboxylic acids is 1. The van der Waals surface area contributed by atoms with E-state index < -0.39 is 17.8 Å². The maximum atomic E-state index is 12.5. The lowest BCUT2D eigenvalue weighted by Crippen LogP contribution is -2.40. The van der Waals surface area contributed by atoms with Crippen LogP contribution in [0.2, 0.25) is 0 Å². The largest absolute Gasteiger partial charge is 0.481 e. The van der Waals surface area contributed by atoms with Gasteiger partial charge in [0.15, 0.2) is 5.69 Å². The quantitative estimate of drug-likeness (QED) is 0.877. The first-order valence-corrected chi connectivity index (χ1v) is 8.12. The highest BCUT2D eigenvalue weighted by atomic mass is 32.2. The second-order valence-corrected chi connectivity index (χ2v) is 6.16. The van der Waals surface area contributed by atoms with Crippen LogP contribution in [-0.4, -0.2) is 56.3 Å². The molecule has 1 aliphatic heterocycles. The summed E-state index contributed by atoms with van der Waals surface area (Å²) < 4.78 is 38.9. The molecule has 10 heteroatoms. The molecular weight excluding hydrogens is 335 g/mol. The Morgan fingerprint density at radius 2 is 1.96 bits per heavy atom. The third kappa shape index (κ3) is 4.88. The van der Waals surface area contributed by atoms with E-state index in [1.165, 1.54) is 10.9 Å². The molecule has 1 N–H and O–H groups in total. The van der Waals surface area contributed by atoms with E-state index in [2.05, 4.69) is 5.10 Å². The third-order valence-corrected chi connectivity index (χ3v) is 4.44. The Kier molecular flexibility index (Phi) is 5.55.